The fourth-order valence-corrected chi connectivity index (χ4v) is 3.14. The van der Waals surface area contributed by atoms with Crippen molar-refractivity contribution < 1.29 is 0 Å². The molecule has 0 bridgehead atoms. The maximum Gasteiger partial charge on any atom is 0.0410 e. The number of benzene rings is 1. The van der Waals surface area contributed by atoms with Crippen LogP contribution in [0, 0.1) is 5.92 Å². The number of hydrogen-bond donors (Lipinski definition) is 2. The van der Waals surface area contributed by atoms with Crippen LogP contribution in [0.5, 0.6) is 0 Å². The van der Waals surface area contributed by atoms with Crippen molar-refractivity contribution in [3.63, 3.8) is 0 Å². The van der Waals surface area contributed by atoms with E-state index in [0.29, 0.717) is 11.3 Å². The second kappa shape index (κ2) is 3.13. The first-order valence-electron chi connectivity index (χ1n) is 5.50. The molecule has 2 aliphatic rings. The Bertz CT molecular complexity index is 405. The molecular weight excluding hydrogens is 208 g/mol. The van der Waals surface area contributed by atoms with Crippen LogP contribution < -0.4 is 11.1 Å². The van der Waals surface area contributed by atoms with E-state index in [1.54, 1.807) is 0 Å². The molecule has 0 amide bonds. The molecule has 1 heterocycles. The molecule has 1 aromatic rings. The van der Waals surface area contributed by atoms with Gasteiger partial charge in [-0.3, -0.25) is 0 Å². The summed E-state index contributed by atoms with van der Waals surface area (Å²) in [4.78, 5) is 0. The molecule has 1 fully saturated rings. The van der Waals surface area contributed by atoms with Gasteiger partial charge in [-0.15, -0.1) is 0 Å². The summed E-state index contributed by atoms with van der Waals surface area (Å²) in [5.74, 6) is 0.664. The van der Waals surface area contributed by atoms with Gasteiger partial charge in [-0.25, -0.2) is 0 Å². The van der Waals surface area contributed by atoms with Gasteiger partial charge in [-0.2, -0.15) is 0 Å². The topological polar surface area (TPSA) is 38.0 Å². The van der Waals surface area contributed by atoms with E-state index in [-0.39, 0.29) is 0 Å². The van der Waals surface area contributed by atoms with Crippen molar-refractivity contribution in [2.75, 3.05) is 18.4 Å². The monoisotopic (exact) mass is 222 g/mol. The average molecular weight is 223 g/mol. The molecule has 2 unspecified atom stereocenters. The summed E-state index contributed by atoms with van der Waals surface area (Å²) in [5.41, 5.74) is 8.77. The molecule has 0 saturated heterocycles. The fraction of sp³-hybridized carbons (Fsp3) is 0.500. The Morgan fingerprint density at radius 2 is 2.40 bits per heavy atom. The minimum atomic E-state index is 0.347. The molecule has 1 spiro atoms. The lowest BCUT2D eigenvalue weighted by atomic mass is 9.85. The number of hydrogen-bond acceptors (Lipinski definition) is 2. The number of anilines is 1. The summed E-state index contributed by atoms with van der Waals surface area (Å²) < 4.78 is 0. The zero-order valence-electron chi connectivity index (χ0n) is 8.59. The molecule has 3 N–H and O–H groups in total. The van der Waals surface area contributed by atoms with Crippen molar-refractivity contribution in [1.82, 2.24) is 0 Å². The van der Waals surface area contributed by atoms with E-state index >= 15 is 0 Å². The molecule has 0 radical (unpaired) electrons. The van der Waals surface area contributed by atoms with Crippen LogP contribution in [0.4, 0.5) is 5.69 Å². The van der Waals surface area contributed by atoms with Crippen molar-refractivity contribution in [2.24, 2.45) is 11.7 Å². The third kappa shape index (κ3) is 1.28. The lowest BCUT2D eigenvalue weighted by molar-refractivity contribution is 0.559. The number of nitrogens with two attached hydrogens (primary N) is 1. The smallest absolute Gasteiger partial charge is 0.0410 e. The van der Waals surface area contributed by atoms with Crippen LogP contribution >= 0.6 is 11.6 Å². The number of fused-ring (bicyclic) bond motifs is 2. The highest BCUT2D eigenvalue weighted by atomic mass is 35.5. The summed E-state index contributed by atoms with van der Waals surface area (Å²) in [5, 5.41) is 4.26. The molecule has 1 aliphatic carbocycles. The molecular formula is C12H15ClN2. The zero-order chi connectivity index (χ0) is 10.5. The van der Waals surface area contributed by atoms with E-state index in [2.05, 4.69) is 17.4 Å². The van der Waals surface area contributed by atoms with Gasteiger partial charge in [-0.1, -0.05) is 11.6 Å². The Labute approximate surface area is 94.8 Å². The van der Waals surface area contributed by atoms with E-state index in [1.165, 1.54) is 24.1 Å². The summed E-state index contributed by atoms with van der Waals surface area (Å²) in [6.45, 7) is 1.86. The standard InChI is InChI=1S/C12H15ClN2/c13-9-1-2-11-10(5-9)12(3-4-15-11)6-8(12)7-14/h1-2,5,8,15H,3-4,6-7,14H2. The Hall–Kier alpha value is -0.730. The highest BCUT2D eigenvalue weighted by Crippen LogP contribution is 2.59. The van der Waals surface area contributed by atoms with Crippen LogP contribution in [0.15, 0.2) is 18.2 Å². The van der Waals surface area contributed by atoms with Crippen molar-refractivity contribution in [2.45, 2.75) is 18.3 Å². The van der Waals surface area contributed by atoms with Crippen LogP contribution in [0.25, 0.3) is 0 Å². The van der Waals surface area contributed by atoms with Crippen molar-refractivity contribution >= 4 is 17.3 Å². The third-order valence-electron chi connectivity index (χ3n) is 3.92. The van der Waals surface area contributed by atoms with Crippen LogP contribution in [0.3, 0.4) is 0 Å². The quantitative estimate of drug-likeness (QED) is 0.766. The van der Waals surface area contributed by atoms with E-state index in [0.717, 1.165) is 18.1 Å². The molecule has 15 heavy (non-hydrogen) atoms. The van der Waals surface area contributed by atoms with E-state index in [1.807, 2.05) is 6.07 Å². The summed E-state index contributed by atoms with van der Waals surface area (Å²) in [6.07, 6.45) is 2.43. The van der Waals surface area contributed by atoms with E-state index < -0.39 is 0 Å². The second-order valence-corrected chi connectivity index (χ2v) is 5.10. The van der Waals surface area contributed by atoms with Crippen molar-refractivity contribution in [3.05, 3.63) is 28.8 Å². The maximum absolute atomic E-state index is 6.06. The SMILES string of the molecule is NCC1CC12CCNc1ccc(Cl)cc12. The minimum Gasteiger partial charge on any atom is -0.385 e. The summed E-state index contributed by atoms with van der Waals surface area (Å²) in [7, 11) is 0. The van der Waals surface area contributed by atoms with Gasteiger partial charge in [0.2, 0.25) is 0 Å². The highest BCUT2D eigenvalue weighted by Gasteiger charge is 2.55. The molecule has 3 rings (SSSR count). The van der Waals surface area contributed by atoms with Gasteiger partial charge in [0.25, 0.3) is 0 Å². The number of rotatable bonds is 1. The predicted molar refractivity (Wildman–Crippen MR) is 63.4 cm³/mol. The van der Waals surface area contributed by atoms with Gasteiger partial charge in [0, 0.05) is 22.7 Å². The Balaban J connectivity index is 2.07. The molecule has 80 valence electrons. The predicted octanol–water partition coefficient (Wildman–Crippen LogP) is 2.37. The van der Waals surface area contributed by atoms with Gasteiger partial charge < -0.3 is 11.1 Å². The van der Waals surface area contributed by atoms with E-state index in [9.17, 15) is 0 Å². The zero-order valence-corrected chi connectivity index (χ0v) is 9.35. The van der Waals surface area contributed by atoms with Crippen LogP contribution in [0.1, 0.15) is 18.4 Å². The molecule has 2 nitrogen and oxygen atoms in total. The third-order valence-corrected chi connectivity index (χ3v) is 4.16. The normalized spacial score (nSPS) is 32.3. The second-order valence-electron chi connectivity index (χ2n) is 4.66. The molecule has 3 heteroatoms. The first-order chi connectivity index (χ1) is 7.26. The summed E-state index contributed by atoms with van der Waals surface area (Å²) in [6, 6.07) is 6.15. The largest absolute Gasteiger partial charge is 0.385 e. The molecule has 1 saturated carbocycles. The van der Waals surface area contributed by atoms with Gasteiger partial charge in [0.1, 0.15) is 0 Å². The van der Waals surface area contributed by atoms with Crippen LogP contribution in [-0.4, -0.2) is 13.1 Å². The van der Waals surface area contributed by atoms with Crippen molar-refractivity contribution in [1.29, 1.82) is 0 Å². The first-order valence-corrected chi connectivity index (χ1v) is 5.88. The van der Waals surface area contributed by atoms with E-state index in [4.69, 9.17) is 17.3 Å². The molecule has 1 aromatic carbocycles. The summed E-state index contributed by atoms with van der Waals surface area (Å²) >= 11 is 6.06. The average Bonchev–Trinajstić information content (AvgIpc) is 2.94. The van der Waals surface area contributed by atoms with Crippen LogP contribution in [-0.2, 0) is 5.41 Å². The lowest BCUT2D eigenvalue weighted by Crippen LogP contribution is -2.25. The van der Waals surface area contributed by atoms with Crippen LogP contribution in [0.2, 0.25) is 5.02 Å². The minimum absolute atomic E-state index is 0.347. The molecule has 1 aliphatic heterocycles. The molecule has 2 atom stereocenters. The first kappa shape index (κ1) is 9.49. The van der Waals surface area contributed by atoms with Gasteiger partial charge in [0.15, 0.2) is 0 Å². The van der Waals surface area contributed by atoms with Gasteiger partial charge >= 0.3 is 0 Å². The van der Waals surface area contributed by atoms with Gasteiger partial charge in [-0.05, 0) is 49.1 Å². The number of nitrogens with one attached hydrogen (secondary N) is 1. The highest BCUT2D eigenvalue weighted by molar-refractivity contribution is 6.30. The van der Waals surface area contributed by atoms with Crippen molar-refractivity contribution in [3.8, 4) is 0 Å². The number of halogens is 1. The Morgan fingerprint density at radius 3 is 3.13 bits per heavy atom. The van der Waals surface area contributed by atoms with Gasteiger partial charge in [0.05, 0.1) is 0 Å². The lowest BCUT2D eigenvalue weighted by Gasteiger charge is -2.28. The maximum atomic E-state index is 6.06. The fourth-order valence-electron chi connectivity index (χ4n) is 2.96. The Morgan fingerprint density at radius 1 is 1.53 bits per heavy atom. The molecule has 0 aromatic heterocycles. The Kier molecular flexibility index (Phi) is 1.98.